The highest BCUT2D eigenvalue weighted by atomic mass is 35.5. The zero-order valence-corrected chi connectivity index (χ0v) is 14.5. The summed E-state index contributed by atoms with van der Waals surface area (Å²) in [5.41, 5.74) is 0.744. The van der Waals surface area contributed by atoms with Gasteiger partial charge in [0, 0.05) is 15.6 Å². The first-order chi connectivity index (χ1) is 11.5. The van der Waals surface area contributed by atoms with Gasteiger partial charge in [-0.25, -0.2) is 4.39 Å². The van der Waals surface area contributed by atoms with E-state index >= 15 is 0 Å². The quantitative estimate of drug-likeness (QED) is 0.670. The molecule has 1 aliphatic rings. The lowest BCUT2D eigenvalue weighted by molar-refractivity contribution is -0.123. The van der Waals surface area contributed by atoms with E-state index in [2.05, 4.69) is 0 Å². The highest BCUT2D eigenvalue weighted by molar-refractivity contribution is 8.18. The second kappa shape index (κ2) is 6.97. The van der Waals surface area contributed by atoms with E-state index in [1.807, 2.05) is 0 Å². The molecule has 1 saturated heterocycles. The van der Waals surface area contributed by atoms with Crippen molar-refractivity contribution in [1.29, 1.82) is 0 Å². The Morgan fingerprint density at radius 2 is 1.75 bits per heavy atom. The molecule has 0 aromatic heterocycles. The molecule has 3 nitrogen and oxygen atoms in total. The van der Waals surface area contributed by atoms with Crippen LogP contribution in [0.15, 0.2) is 47.4 Å². The molecule has 0 atom stereocenters. The molecule has 0 N–H and O–H groups in total. The molecule has 0 aliphatic carbocycles. The van der Waals surface area contributed by atoms with E-state index in [1.165, 1.54) is 18.2 Å². The molecule has 7 heteroatoms. The van der Waals surface area contributed by atoms with Gasteiger partial charge in [-0.15, -0.1) is 0 Å². The van der Waals surface area contributed by atoms with Crippen LogP contribution in [0.1, 0.15) is 11.1 Å². The number of hydrogen-bond donors (Lipinski definition) is 0. The number of imide groups is 1. The highest BCUT2D eigenvalue weighted by Gasteiger charge is 2.35. The minimum atomic E-state index is -0.559. The molecule has 2 amide bonds. The Labute approximate surface area is 152 Å². The standard InChI is InChI=1S/C17H10Cl2FNO2S/c18-12-5-2-1-4-10(12)8-15-16(22)21(17(23)24-15)9-11-13(19)6-3-7-14(11)20/h1-8H,9H2/b15-8+. The number of rotatable bonds is 3. The molecule has 122 valence electrons. The van der Waals surface area contributed by atoms with Gasteiger partial charge in [0.1, 0.15) is 5.82 Å². The average molecular weight is 382 g/mol. The topological polar surface area (TPSA) is 37.4 Å². The Morgan fingerprint density at radius 3 is 2.46 bits per heavy atom. The maximum absolute atomic E-state index is 13.9. The number of benzene rings is 2. The smallest absolute Gasteiger partial charge is 0.268 e. The second-order valence-corrected chi connectivity index (χ2v) is 6.80. The van der Waals surface area contributed by atoms with Crippen LogP contribution in [0.25, 0.3) is 6.08 Å². The molecule has 2 aromatic carbocycles. The lowest BCUT2D eigenvalue weighted by Gasteiger charge is -2.14. The molecule has 1 aliphatic heterocycles. The van der Waals surface area contributed by atoms with Gasteiger partial charge in [0.15, 0.2) is 0 Å². The van der Waals surface area contributed by atoms with Crippen molar-refractivity contribution in [3.8, 4) is 0 Å². The van der Waals surface area contributed by atoms with Crippen LogP contribution in [-0.4, -0.2) is 16.0 Å². The summed E-state index contributed by atoms with van der Waals surface area (Å²) in [5.74, 6) is -1.05. The SMILES string of the molecule is O=C1S/C(=C/c2ccccc2Cl)C(=O)N1Cc1c(F)cccc1Cl. The fraction of sp³-hybridized carbons (Fsp3) is 0.0588. The minimum absolute atomic E-state index is 0.112. The van der Waals surface area contributed by atoms with Gasteiger partial charge >= 0.3 is 0 Å². The molecule has 0 bridgehead atoms. The first-order valence-electron chi connectivity index (χ1n) is 6.90. The summed E-state index contributed by atoms with van der Waals surface area (Å²) in [6.45, 7) is -0.212. The van der Waals surface area contributed by atoms with Crippen LogP contribution in [0, 0.1) is 5.82 Å². The summed E-state index contributed by atoms with van der Waals surface area (Å²) >= 11 is 12.8. The molecule has 0 unspecified atom stereocenters. The normalized spacial score (nSPS) is 16.3. The van der Waals surface area contributed by atoms with Gasteiger partial charge in [-0.2, -0.15) is 0 Å². The Kier molecular flexibility index (Phi) is 4.94. The van der Waals surface area contributed by atoms with Gasteiger partial charge in [0.25, 0.3) is 11.1 Å². The number of hydrogen-bond acceptors (Lipinski definition) is 3. The summed E-state index contributed by atoms with van der Waals surface area (Å²) in [4.78, 5) is 25.8. The van der Waals surface area contributed by atoms with Gasteiger partial charge in [-0.1, -0.05) is 47.5 Å². The van der Waals surface area contributed by atoms with E-state index < -0.39 is 17.0 Å². The molecule has 0 spiro atoms. The third-order valence-corrected chi connectivity index (χ3v) is 5.05. The van der Waals surface area contributed by atoms with E-state index in [9.17, 15) is 14.0 Å². The summed E-state index contributed by atoms with van der Waals surface area (Å²) < 4.78 is 13.9. The van der Waals surface area contributed by atoms with Crippen molar-refractivity contribution in [2.24, 2.45) is 0 Å². The summed E-state index contributed by atoms with van der Waals surface area (Å²) in [6, 6.07) is 11.2. The number of amides is 2. The largest absolute Gasteiger partial charge is 0.293 e. The molecule has 1 fully saturated rings. The maximum Gasteiger partial charge on any atom is 0.293 e. The summed E-state index contributed by atoms with van der Waals surface area (Å²) in [7, 11) is 0. The van der Waals surface area contributed by atoms with Crippen molar-refractivity contribution >= 4 is 52.2 Å². The Balaban J connectivity index is 1.89. The van der Waals surface area contributed by atoms with Crippen LogP contribution in [0.3, 0.4) is 0 Å². The van der Waals surface area contributed by atoms with Crippen LogP contribution < -0.4 is 0 Å². The lowest BCUT2D eigenvalue weighted by Crippen LogP contribution is -2.28. The predicted octanol–water partition coefficient (Wildman–Crippen LogP) is 5.37. The molecular weight excluding hydrogens is 372 g/mol. The van der Waals surface area contributed by atoms with Crippen molar-refractivity contribution in [1.82, 2.24) is 4.90 Å². The van der Waals surface area contributed by atoms with Gasteiger partial charge in [-0.3, -0.25) is 14.5 Å². The fourth-order valence-electron chi connectivity index (χ4n) is 2.21. The second-order valence-electron chi connectivity index (χ2n) is 4.99. The molecule has 0 saturated carbocycles. The Hall–Kier alpha value is -1.82. The van der Waals surface area contributed by atoms with Crippen molar-refractivity contribution in [3.63, 3.8) is 0 Å². The third kappa shape index (κ3) is 3.34. The van der Waals surface area contributed by atoms with E-state index in [0.29, 0.717) is 10.6 Å². The number of carbonyl (C=O) groups is 2. The average Bonchev–Trinajstić information content (AvgIpc) is 2.80. The van der Waals surface area contributed by atoms with E-state index in [-0.39, 0.29) is 22.0 Å². The van der Waals surface area contributed by atoms with Gasteiger partial charge in [0.05, 0.1) is 11.4 Å². The third-order valence-electron chi connectivity index (χ3n) is 3.44. The molecule has 3 rings (SSSR count). The molecule has 0 radical (unpaired) electrons. The Morgan fingerprint density at radius 1 is 1.04 bits per heavy atom. The first kappa shape index (κ1) is 17.0. The van der Waals surface area contributed by atoms with Gasteiger partial charge in [0.2, 0.25) is 0 Å². The zero-order chi connectivity index (χ0) is 17.3. The number of halogens is 3. The number of nitrogens with zero attached hydrogens (tertiary/aromatic N) is 1. The molecule has 24 heavy (non-hydrogen) atoms. The maximum atomic E-state index is 13.9. The van der Waals surface area contributed by atoms with Crippen molar-refractivity contribution in [2.75, 3.05) is 0 Å². The predicted molar refractivity (Wildman–Crippen MR) is 94.4 cm³/mol. The van der Waals surface area contributed by atoms with Crippen molar-refractivity contribution in [3.05, 3.63) is 74.4 Å². The van der Waals surface area contributed by atoms with Gasteiger partial charge < -0.3 is 0 Å². The number of carbonyl (C=O) groups excluding carboxylic acids is 2. The fourth-order valence-corrected chi connectivity index (χ4v) is 3.45. The van der Waals surface area contributed by atoms with Crippen LogP contribution >= 0.6 is 35.0 Å². The van der Waals surface area contributed by atoms with Gasteiger partial charge in [-0.05, 0) is 41.6 Å². The van der Waals surface area contributed by atoms with E-state index in [1.54, 1.807) is 30.3 Å². The Bertz CT molecular complexity index is 849. The van der Waals surface area contributed by atoms with Crippen LogP contribution in [0.2, 0.25) is 10.0 Å². The number of thioether (sulfide) groups is 1. The molecule has 2 aromatic rings. The van der Waals surface area contributed by atoms with Crippen LogP contribution in [0.4, 0.5) is 9.18 Å². The highest BCUT2D eigenvalue weighted by Crippen LogP contribution is 2.35. The van der Waals surface area contributed by atoms with E-state index in [0.717, 1.165) is 16.7 Å². The summed E-state index contributed by atoms with van der Waals surface area (Å²) in [6.07, 6.45) is 1.55. The monoisotopic (exact) mass is 381 g/mol. The van der Waals surface area contributed by atoms with Crippen molar-refractivity contribution in [2.45, 2.75) is 6.54 Å². The van der Waals surface area contributed by atoms with Crippen LogP contribution in [-0.2, 0) is 11.3 Å². The lowest BCUT2D eigenvalue weighted by atomic mass is 10.2. The first-order valence-corrected chi connectivity index (χ1v) is 8.47. The molecular formula is C17H10Cl2FNO2S. The minimum Gasteiger partial charge on any atom is -0.268 e. The van der Waals surface area contributed by atoms with Crippen LogP contribution in [0.5, 0.6) is 0 Å². The summed E-state index contributed by atoms with van der Waals surface area (Å²) in [5, 5.41) is 0.170. The zero-order valence-electron chi connectivity index (χ0n) is 12.1. The molecule has 1 heterocycles. The van der Waals surface area contributed by atoms with Crippen molar-refractivity contribution < 1.29 is 14.0 Å². The van der Waals surface area contributed by atoms with E-state index in [4.69, 9.17) is 23.2 Å².